The fourth-order valence-corrected chi connectivity index (χ4v) is 0.847. The van der Waals surface area contributed by atoms with Gasteiger partial charge in [0, 0.05) is 5.56 Å². The van der Waals surface area contributed by atoms with Gasteiger partial charge in [0.15, 0.2) is 0 Å². The number of nitro groups is 1. The highest BCUT2D eigenvalue weighted by Gasteiger charge is 2.29. The molecule has 0 N–H and O–H groups in total. The summed E-state index contributed by atoms with van der Waals surface area (Å²) in [6, 6.07) is 3.85. The van der Waals surface area contributed by atoms with E-state index in [0.29, 0.717) is 0 Å². The lowest BCUT2D eigenvalue weighted by Gasteiger charge is -1.99. The second-order valence-corrected chi connectivity index (χ2v) is 2.49. The van der Waals surface area contributed by atoms with Gasteiger partial charge in [-0.2, -0.15) is 4.39 Å². The molecule has 0 radical (unpaired) electrons. The van der Waals surface area contributed by atoms with Crippen molar-refractivity contribution in [2.24, 2.45) is 0 Å². The predicted molar refractivity (Wildman–Crippen MR) is 42.6 cm³/mol. The monoisotopic (exact) mass is 201 g/mol. The molecule has 0 aliphatic rings. The van der Waals surface area contributed by atoms with Crippen LogP contribution in [0.5, 0.6) is 0 Å². The number of rotatable bonds is 3. The summed E-state index contributed by atoms with van der Waals surface area (Å²) in [5.41, 5.74) is -0.226. The molecule has 1 unspecified atom stereocenters. The molecule has 1 rings (SSSR count). The van der Waals surface area contributed by atoms with Crippen molar-refractivity contribution in [3.8, 4) is 0 Å². The van der Waals surface area contributed by atoms with E-state index < -0.39 is 22.8 Å². The first-order valence-electron chi connectivity index (χ1n) is 3.59. The molecule has 0 heterocycles. The summed E-state index contributed by atoms with van der Waals surface area (Å²) < 4.78 is 24.9. The summed E-state index contributed by atoms with van der Waals surface area (Å²) in [4.78, 5) is 19.5. The SMILES string of the molecule is O=C(c1ccc(F)cc1)C(F)[N+](=O)[O-]. The Morgan fingerprint density at radius 1 is 1.36 bits per heavy atom. The maximum Gasteiger partial charge on any atom is 0.412 e. The van der Waals surface area contributed by atoms with Crippen molar-refractivity contribution < 1.29 is 18.5 Å². The lowest BCUT2D eigenvalue weighted by atomic mass is 10.1. The number of nitrogens with zero attached hydrogens (tertiary/aromatic N) is 1. The highest BCUT2D eigenvalue weighted by atomic mass is 19.1. The highest BCUT2D eigenvalue weighted by Crippen LogP contribution is 2.08. The van der Waals surface area contributed by atoms with Crippen LogP contribution in [0.25, 0.3) is 0 Å². The second-order valence-electron chi connectivity index (χ2n) is 2.49. The average molecular weight is 201 g/mol. The lowest BCUT2D eigenvalue weighted by molar-refractivity contribution is -0.534. The molecule has 6 heteroatoms. The van der Waals surface area contributed by atoms with Crippen molar-refractivity contribution >= 4 is 5.78 Å². The predicted octanol–water partition coefficient (Wildman–Crippen LogP) is 1.58. The van der Waals surface area contributed by atoms with Crippen LogP contribution < -0.4 is 0 Å². The average Bonchev–Trinajstić information content (AvgIpc) is 2.16. The van der Waals surface area contributed by atoms with E-state index >= 15 is 0 Å². The number of ketones is 1. The van der Waals surface area contributed by atoms with Crippen molar-refractivity contribution in [1.82, 2.24) is 0 Å². The van der Waals surface area contributed by atoms with Gasteiger partial charge in [0.1, 0.15) is 5.82 Å². The quantitative estimate of drug-likeness (QED) is 0.323. The van der Waals surface area contributed by atoms with Gasteiger partial charge < -0.3 is 0 Å². The normalized spacial score (nSPS) is 12.1. The largest absolute Gasteiger partial charge is 0.412 e. The number of carbonyl (C=O) groups excluding carboxylic acids is 1. The molecule has 14 heavy (non-hydrogen) atoms. The molecule has 0 saturated carbocycles. The molecule has 0 bridgehead atoms. The Balaban J connectivity index is 2.90. The number of alkyl halides is 1. The molecule has 0 fully saturated rings. The van der Waals surface area contributed by atoms with Gasteiger partial charge in [-0.15, -0.1) is 0 Å². The van der Waals surface area contributed by atoms with Gasteiger partial charge >= 0.3 is 6.30 Å². The maximum absolute atomic E-state index is 12.6. The zero-order chi connectivity index (χ0) is 10.7. The van der Waals surface area contributed by atoms with E-state index in [1.165, 1.54) is 0 Å². The van der Waals surface area contributed by atoms with Gasteiger partial charge in [-0.1, -0.05) is 0 Å². The summed E-state index contributed by atoms with van der Waals surface area (Å²) in [6.45, 7) is 0. The zero-order valence-corrected chi connectivity index (χ0v) is 6.81. The number of hydrogen-bond donors (Lipinski definition) is 0. The van der Waals surface area contributed by atoms with Crippen LogP contribution in [0.15, 0.2) is 24.3 Å². The minimum atomic E-state index is -2.79. The zero-order valence-electron chi connectivity index (χ0n) is 6.81. The fourth-order valence-electron chi connectivity index (χ4n) is 0.847. The van der Waals surface area contributed by atoms with Crippen LogP contribution >= 0.6 is 0 Å². The van der Waals surface area contributed by atoms with Gasteiger partial charge in [-0.05, 0) is 24.3 Å². The fraction of sp³-hybridized carbons (Fsp3) is 0.125. The first-order chi connectivity index (χ1) is 6.52. The summed E-state index contributed by atoms with van der Waals surface area (Å²) in [6.07, 6.45) is -2.79. The number of carbonyl (C=O) groups is 1. The third-order valence-corrected chi connectivity index (χ3v) is 1.53. The molecule has 4 nitrogen and oxygen atoms in total. The molecular weight excluding hydrogens is 196 g/mol. The third-order valence-electron chi connectivity index (χ3n) is 1.53. The number of halogens is 2. The molecule has 0 spiro atoms. The van der Waals surface area contributed by atoms with E-state index in [9.17, 15) is 23.7 Å². The minimum absolute atomic E-state index is 0.226. The van der Waals surface area contributed by atoms with Crippen molar-refractivity contribution in [3.05, 3.63) is 45.8 Å². The van der Waals surface area contributed by atoms with Crippen LogP contribution in [0.4, 0.5) is 8.78 Å². The molecule has 1 aromatic carbocycles. The van der Waals surface area contributed by atoms with E-state index in [2.05, 4.69) is 0 Å². The van der Waals surface area contributed by atoms with Crippen LogP contribution in [0, 0.1) is 15.9 Å². The van der Waals surface area contributed by atoms with Gasteiger partial charge in [-0.3, -0.25) is 14.9 Å². The number of Topliss-reactive ketones (excluding diaryl/α,β-unsaturated/α-hetero) is 1. The maximum atomic E-state index is 12.6. The second kappa shape index (κ2) is 3.91. The van der Waals surface area contributed by atoms with E-state index in [1.807, 2.05) is 0 Å². The molecular formula is C8H5F2NO3. The molecule has 0 aliphatic heterocycles. The summed E-state index contributed by atoms with van der Waals surface area (Å²) in [5, 5.41) is 9.92. The Kier molecular flexibility index (Phi) is 2.85. The van der Waals surface area contributed by atoms with Crippen molar-refractivity contribution in [2.75, 3.05) is 0 Å². The number of benzene rings is 1. The van der Waals surface area contributed by atoms with Gasteiger partial charge in [0.25, 0.3) is 5.78 Å². The van der Waals surface area contributed by atoms with Gasteiger partial charge in [0.05, 0.1) is 4.92 Å². The van der Waals surface area contributed by atoms with Crippen molar-refractivity contribution in [3.63, 3.8) is 0 Å². The smallest absolute Gasteiger partial charge is 0.283 e. The van der Waals surface area contributed by atoms with Crippen LogP contribution in [0.1, 0.15) is 10.4 Å². The van der Waals surface area contributed by atoms with E-state index in [4.69, 9.17) is 0 Å². The Morgan fingerprint density at radius 2 is 1.86 bits per heavy atom. The third kappa shape index (κ3) is 2.09. The molecule has 1 atom stereocenters. The van der Waals surface area contributed by atoms with E-state index in [1.54, 1.807) is 0 Å². The first kappa shape index (κ1) is 10.2. The molecule has 0 aliphatic carbocycles. The van der Waals surface area contributed by atoms with Crippen LogP contribution in [0.3, 0.4) is 0 Å². The van der Waals surface area contributed by atoms with Crippen LogP contribution in [0.2, 0.25) is 0 Å². The molecule has 74 valence electrons. The minimum Gasteiger partial charge on any atom is -0.283 e. The van der Waals surface area contributed by atoms with Crippen LogP contribution in [-0.4, -0.2) is 17.0 Å². The molecule has 0 aromatic heterocycles. The van der Waals surface area contributed by atoms with Crippen molar-refractivity contribution in [2.45, 2.75) is 6.30 Å². The van der Waals surface area contributed by atoms with Gasteiger partial charge in [-0.25, -0.2) is 4.39 Å². The highest BCUT2D eigenvalue weighted by molar-refractivity contribution is 5.98. The Morgan fingerprint density at radius 3 is 2.29 bits per heavy atom. The van der Waals surface area contributed by atoms with E-state index in [-0.39, 0.29) is 5.56 Å². The summed E-state index contributed by atoms with van der Waals surface area (Å²) >= 11 is 0. The first-order valence-corrected chi connectivity index (χ1v) is 3.59. The molecule has 0 saturated heterocycles. The summed E-state index contributed by atoms with van der Waals surface area (Å²) in [5.74, 6) is -1.88. The Labute approximate surface area is 77.3 Å². The molecule has 0 amide bonds. The standard InChI is InChI=1S/C8H5F2NO3/c9-6-3-1-5(2-4-6)7(12)8(10)11(13)14/h1-4,8H. The summed E-state index contributed by atoms with van der Waals surface area (Å²) in [7, 11) is 0. The van der Waals surface area contributed by atoms with E-state index in [0.717, 1.165) is 24.3 Å². The van der Waals surface area contributed by atoms with Crippen molar-refractivity contribution in [1.29, 1.82) is 0 Å². The number of hydrogen-bond acceptors (Lipinski definition) is 3. The Bertz CT molecular complexity index is 363. The molecule has 1 aromatic rings. The topological polar surface area (TPSA) is 60.2 Å². The van der Waals surface area contributed by atoms with Gasteiger partial charge in [0.2, 0.25) is 0 Å². The van der Waals surface area contributed by atoms with Crippen LogP contribution in [-0.2, 0) is 0 Å². The Hall–Kier alpha value is -1.85. The lowest BCUT2D eigenvalue weighted by Crippen LogP contribution is -2.24.